The maximum atomic E-state index is 2.12. The van der Waals surface area contributed by atoms with E-state index < -0.39 is 0 Å². The van der Waals surface area contributed by atoms with Gasteiger partial charge in [-0.05, 0) is 12.8 Å². The average molecular weight is 209 g/mol. The van der Waals surface area contributed by atoms with Gasteiger partial charge in [0.05, 0.1) is 0 Å². The molecule has 0 nitrogen and oxygen atoms in total. The maximum absolute atomic E-state index is 2.12. The molecule has 0 fully saturated rings. The van der Waals surface area contributed by atoms with Crippen LogP contribution >= 0.6 is 0 Å². The van der Waals surface area contributed by atoms with E-state index in [1.807, 2.05) is 19.9 Å². The molecule has 0 saturated heterocycles. The largest absolute Gasteiger partial charge is 0.269 e. The van der Waals surface area contributed by atoms with Crippen molar-refractivity contribution in [2.75, 3.05) is 0 Å². The summed E-state index contributed by atoms with van der Waals surface area (Å²) >= 11 is 0. The van der Waals surface area contributed by atoms with Crippen molar-refractivity contribution in [3.63, 3.8) is 0 Å². The summed E-state index contributed by atoms with van der Waals surface area (Å²) in [6.45, 7) is 4.00. The van der Waals surface area contributed by atoms with Crippen molar-refractivity contribution in [1.82, 2.24) is 0 Å². The third-order valence-electron chi connectivity index (χ3n) is 0.767. The normalized spacial score (nSPS) is 9.08. The number of rotatable bonds is 0. The zero-order valence-electron chi connectivity index (χ0n) is 7.64. The molecule has 0 aromatic rings. The fourth-order valence-corrected chi connectivity index (χ4v) is 0.457. The lowest BCUT2D eigenvalue weighted by molar-refractivity contribution is 1.11. The summed E-state index contributed by atoms with van der Waals surface area (Å²) in [5.74, 6) is 0. The first kappa shape index (κ1) is 40.0. The van der Waals surface area contributed by atoms with E-state index in [4.69, 9.17) is 0 Å². The van der Waals surface area contributed by atoms with Gasteiger partial charge in [-0.15, -0.1) is 0 Å². The minimum absolute atomic E-state index is 0. The second-order valence-corrected chi connectivity index (χ2v) is 1.28. The lowest BCUT2D eigenvalue weighted by atomic mass is 10.2. The van der Waals surface area contributed by atoms with E-state index >= 15 is 0 Å². The van der Waals surface area contributed by atoms with Crippen LogP contribution in [0.25, 0.3) is 0 Å². The molecule has 1 aliphatic carbocycles. The second-order valence-electron chi connectivity index (χ2n) is 1.28. The van der Waals surface area contributed by atoms with Crippen molar-refractivity contribution in [1.29, 1.82) is 0 Å². The zero-order chi connectivity index (χ0) is 6.24. The molecule has 0 spiro atoms. The van der Waals surface area contributed by atoms with Crippen LogP contribution in [0, 0.1) is 6.42 Å². The molecule has 0 atom stereocenters. The Bertz CT molecular complexity index is 78.5. The molecule has 1 aliphatic rings. The Balaban J connectivity index is -0.0000000166. The minimum atomic E-state index is 0. The molecule has 1 radical (unpaired) electrons. The van der Waals surface area contributed by atoms with Crippen LogP contribution in [-0.2, 0) is 0 Å². The van der Waals surface area contributed by atoms with E-state index in [-0.39, 0.29) is 23.5 Å². The molecular formula is C8H18F5. The van der Waals surface area contributed by atoms with Crippen LogP contribution in [-0.4, -0.2) is 0 Å². The minimum Gasteiger partial charge on any atom is -0.269 e. The molecule has 0 saturated carbocycles. The Hall–Kier alpha value is -0.870. The summed E-state index contributed by atoms with van der Waals surface area (Å²) in [7, 11) is 0. The van der Waals surface area contributed by atoms with Crippen molar-refractivity contribution in [3.8, 4) is 0 Å². The third-order valence-corrected chi connectivity index (χ3v) is 0.767. The summed E-state index contributed by atoms with van der Waals surface area (Å²) in [6.07, 6.45) is 11.5. The SMILES string of the molecule is CC.F.F.F.F.F.[CH]1C=CC=CC1. The van der Waals surface area contributed by atoms with E-state index in [1.165, 1.54) is 0 Å². The van der Waals surface area contributed by atoms with Crippen LogP contribution < -0.4 is 0 Å². The predicted molar refractivity (Wildman–Crippen MR) is 51.1 cm³/mol. The molecule has 1 rings (SSSR count). The summed E-state index contributed by atoms with van der Waals surface area (Å²) in [6, 6.07) is 0. The highest BCUT2D eigenvalue weighted by atomic mass is 19.0. The summed E-state index contributed by atoms with van der Waals surface area (Å²) in [4.78, 5) is 0. The molecule has 0 aromatic carbocycles. The number of hydrogen-bond acceptors (Lipinski definition) is 0. The first-order chi connectivity index (χ1) is 4.00. The van der Waals surface area contributed by atoms with E-state index in [0.717, 1.165) is 6.42 Å². The molecule has 0 aliphatic heterocycles. The van der Waals surface area contributed by atoms with Crippen molar-refractivity contribution < 1.29 is 23.5 Å². The van der Waals surface area contributed by atoms with Gasteiger partial charge in [0.2, 0.25) is 0 Å². The zero-order valence-corrected chi connectivity index (χ0v) is 7.64. The smallest absolute Gasteiger partial charge is 0.0130 e. The highest BCUT2D eigenvalue weighted by molar-refractivity contribution is 5.14. The van der Waals surface area contributed by atoms with Gasteiger partial charge in [-0.3, -0.25) is 23.5 Å². The molecule has 0 unspecified atom stereocenters. The maximum Gasteiger partial charge on any atom is -0.0130 e. The van der Waals surface area contributed by atoms with Gasteiger partial charge in [0.1, 0.15) is 0 Å². The fraction of sp³-hybridized carbons (Fsp3) is 0.375. The molecular weight excluding hydrogens is 191 g/mol. The van der Waals surface area contributed by atoms with Crippen LogP contribution in [0.15, 0.2) is 24.3 Å². The van der Waals surface area contributed by atoms with Crippen molar-refractivity contribution in [2.24, 2.45) is 0 Å². The summed E-state index contributed by atoms with van der Waals surface area (Å²) < 4.78 is 0. The molecule has 85 valence electrons. The van der Waals surface area contributed by atoms with E-state index in [0.29, 0.717) is 0 Å². The summed E-state index contributed by atoms with van der Waals surface area (Å²) in [5.41, 5.74) is 0. The molecule has 13 heavy (non-hydrogen) atoms. The van der Waals surface area contributed by atoms with Gasteiger partial charge in [-0.25, -0.2) is 0 Å². The molecule has 5 heteroatoms. The molecule has 0 N–H and O–H groups in total. The van der Waals surface area contributed by atoms with E-state index in [2.05, 4.69) is 24.6 Å². The standard InChI is InChI=1S/C6H7.C2H6.5FH/c1-2-4-6-5-3-1;1-2;;;;;/h1-5H,6H2;1-2H3;5*1H. The highest BCUT2D eigenvalue weighted by Crippen LogP contribution is 1.96. The second kappa shape index (κ2) is 43.4. The highest BCUT2D eigenvalue weighted by Gasteiger charge is 1.78. The van der Waals surface area contributed by atoms with Crippen molar-refractivity contribution >= 4 is 0 Å². The van der Waals surface area contributed by atoms with Gasteiger partial charge >= 0.3 is 0 Å². The third kappa shape index (κ3) is 35.3. The first-order valence-corrected chi connectivity index (χ1v) is 3.15. The molecule has 0 aromatic heterocycles. The lowest BCUT2D eigenvalue weighted by Gasteiger charge is -1.87. The summed E-state index contributed by atoms with van der Waals surface area (Å²) in [5, 5.41) is 0. The monoisotopic (exact) mass is 209 g/mol. The molecule has 0 heterocycles. The Morgan fingerprint density at radius 3 is 1.23 bits per heavy atom. The van der Waals surface area contributed by atoms with Crippen LogP contribution in [0.5, 0.6) is 0 Å². The Kier molecular flexibility index (Phi) is 133. The fourth-order valence-electron chi connectivity index (χ4n) is 0.457. The van der Waals surface area contributed by atoms with Crippen molar-refractivity contribution in [2.45, 2.75) is 20.3 Å². The quantitative estimate of drug-likeness (QED) is 0.536. The molecule has 0 amide bonds. The topological polar surface area (TPSA) is 0 Å². The van der Waals surface area contributed by atoms with Gasteiger partial charge in [-0.1, -0.05) is 38.2 Å². The Labute approximate surface area is 75.6 Å². The van der Waals surface area contributed by atoms with E-state index in [9.17, 15) is 0 Å². The number of allylic oxidation sites excluding steroid dienone is 4. The Morgan fingerprint density at radius 1 is 0.692 bits per heavy atom. The first-order valence-electron chi connectivity index (χ1n) is 3.15. The van der Waals surface area contributed by atoms with Crippen LogP contribution in [0.4, 0.5) is 23.5 Å². The van der Waals surface area contributed by atoms with Gasteiger partial charge < -0.3 is 0 Å². The number of halogens is 5. The van der Waals surface area contributed by atoms with Gasteiger partial charge in [0, 0.05) is 0 Å². The van der Waals surface area contributed by atoms with Crippen LogP contribution in [0.1, 0.15) is 20.3 Å². The van der Waals surface area contributed by atoms with Crippen molar-refractivity contribution in [3.05, 3.63) is 30.7 Å². The molecule has 0 bridgehead atoms. The lowest BCUT2D eigenvalue weighted by Crippen LogP contribution is -1.69. The van der Waals surface area contributed by atoms with Gasteiger partial charge in [0.25, 0.3) is 0 Å². The van der Waals surface area contributed by atoms with Crippen LogP contribution in [0.2, 0.25) is 0 Å². The Morgan fingerprint density at radius 2 is 1.15 bits per heavy atom. The van der Waals surface area contributed by atoms with Gasteiger partial charge in [0.15, 0.2) is 0 Å². The van der Waals surface area contributed by atoms with E-state index in [1.54, 1.807) is 0 Å². The predicted octanol–water partition coefficient (Wildman–Crippen LogP) is 3.50. The van der Waals surface area contributed by atoms with Crippen LogP contribution in [0.3, 0.4) is 0 Å². The average Bonchev–Trinajstić information content (AvgIpc) is 1.96. The van der Waals surface area contributed by atoms with Gasteiger partial charge in [-0.2, -0.15) is 0 Å². The number of hydrogen-bond donors (Lipinski definition) is 0.